The molecule has 2 rings (SSSR count). The standard InChI is InChI=1S/C11H7F2NO3/c12-11(13)17-6-1-2-7-8(10(15)16)3-4-14-9(7)5-6/h1-5,11H,(H,15,16). The number of hydrogen-bond donors (Lipinski definition) is 1. The van der Waals surface area contributed by atoms with Crippen molar-refractivity contribution in [1.29, 1.82) is 0 Å². The molecule has 1 aromatic carbocycles. The minimum absolute atomic E-state index is 0.0532. The van der Waals surface area contributed by atoms with Crippen LogP contribution in [-0.4, -0.2) is 22.7 Å². The molecule has 0 unspecified atom stereocenters. The van der Waals surface area contributed by atoms with Crippen LogP contribution in [0.5, 0.6) is 5.75 Å². The molecule has 0 atom stereocenters. The number of carboxylic acid groups (broad SMARTS) is 1. The quantitative estimate of drug-likeness (QED) is 0.894. The molecule has 0 aliphatic carbocycles. The number of aromatic carboxylic acids is 1. The molecule has 0 radical (unpaired) electrons. The Hall–Kier alpha value is -2.24. The van der Waals surface area contributed by atoms with Crippen LogP contribution >= 0.6 is 0 Å². The average Bonchev–Trinajstić information content (AvgIpc) is 2.26. The van der Waals surface area contributed by atoms with E-state index in [-0.39, 0.29) is 11.3 Å². The molecule has 0 aliphatic heterocycles. The molecule has 0 spiro atoms. The molecule has 17 heavy (non-hydrogen) atoms. The van der Waals surface area contributed by atoms with Crippen molar-refractivity contribution in [2.24, 2.45) is 0 Å². The Kier molecular flexibility index (Phi) is 2.86. The van der Waals surface area contributed by atoms with Crippen LogP contribution in [0.3, 0.4) is 0 Å². The summed E-state index contributed by atoms with van der Waals surface area (Å²) in [6.07, 6.45) is 1.30. The van der Waals surface area contributed by atoms with E-state index in [9.17, 15) is 13.6 Å². The molecule has 88 valence electrons. The Balaban J connectivity index is 2.53. The van der Waals surface area contributed by atoms with Crippen LogP contribution in [0.15, 0.2) is 30.5 Å². The molecule has 1 heterocycles. The number of rotatable bonds is 3. The predicted molar refractivity (Wildman–Crippen MR) is 55.3 cm³/mol. The first-order chi connectivity index (χ1) is 8.08. The van der Waals surface area contributed by atoms with Crippen molar-refractivity contribution < 1.29 is 23.4 Å². The molecule has 0 saturated heterocycles. The highest BCUT2D eigenvalue weighted by Crippen LogP contribution is 2.23. The van der Waals surface area contributed by atoms with E-state index in [1.54, 1.807) is 0 Å². The third-order valence-corrected chi connectivity index (χ3v) is 2.17. The Morgan fingerprint density at radius 3 is 2.76 bits per heavy atom. The molecule has 0 fully saturated rings. The highest BCUT2D eigenvalue weighted by molar-refractivity contribution is 6.02. The van der Waals surface area contributed by atoms with Gasteiger partial charge in [-0.05, 0) is 18.2 Å². The second-order valence-electron chi connectivity index (χ2n) is 3.22. The summed E-state index contributed by atoms with van der Waals surface area (Å²) in [5.74, 6) is -1.15. The van der Waals surface area contributed by atoms with Crippen molar-refractivity contribution in [3.8, 4) is 5.75 Å². The van der Waals surface area contributed by atoms with E-state index in [0.29, 0.717) is 10.9 Å². The van der Waals surface area contributed by atoms with Gasteiger partial charge < -0.3 is 9.84 Å². The number of pyridine rings is 1. The third-order valence-electron chi connectivity index (χ3n) is 2.17. The van der Waals surface area contributed by atoms with E-state index in [1.807, 2.05) is 0 Å². The lowest BCUT2D eigenvalue weighted by molar-refractivity contribution is -0.0497. The van der Waals surface area contributed by atoms with E-state index in [1.165, 1.54) is 30.5 Å². The Morgan fingerprint density at radius 1 is 1.35 bits per heavy atom. The molecule has 4 nitrogen and oxygen atoms in total. The summed E-state index contributed by atoms with van der Waals surface area (Å²) in [4.78, 5) is 14.8. The predicted octanol–water partition coefficient (Wildman–Crippen LogP) is 2.53. The van der Waals surface area contributed by atoms with Crippen LogP contribution in [0.2, 0.25) is 0 Å². The fourth-order valence-electron chi connectivity index (χ4n) is 1.49. The molecule has 1 N–H and O–H groups in total. The largest absolute Gasteiger partial charge is 0.478 e. The molecular formula is C11H7F2NO3. The van der Waals surface area contributed by atoms with Gasteiger partial charge in [0.1, 0.15) is 5.75 Å². The summed E-state index contributed by atoms with van der Waals surface area (Å²) < 4.78 is 28.2. The number of nitrogens with zero attached hydrogens (tertiary/aromatic N) is 1. The van der Waals surface area contributed by atoms with Crippen molar-refractivity contribution in [2.75, 3.05) is 0 Å². The van der Waals surface area contributed by atoms with Crippen molar-refractivity contribution in [2.45, 2.75) is 6.61 Å². The number of fused-ring (bicyclic) bond motifs is 1. The molecule has 2 aromatic rings. The second-order valence-corrected chi connectivity index (χ2v) is 3.22. The monoisotopic (exact) mass is 239 g/mol. The van der Waals surface area contributed by atoms with Gasteiger partial charge in [0.25, 0.3) is 0 Å². The summed E-state index contributed by atoms with van der Waals surface area (Å²) in [5, 5.41) is 9.30. The van der Waals surface area contributed by atoms with Crippen LogP contribution in [0, 0.1) is 0 Å². The summed E-state index contributed by atoms with van der Waals surface area (Å²) in [5.41, 5.74) is 0.363. The molecule has 0 aliphatic rings. The maximum absolute atomic E-state index is 12.0. The summed E-state index contributed by atoms with van der Waals surface area (Å²) >= 11 is 0. The highest BCUT2D eigenvalue weighted by Gasteiger charge is 2.10. The lowest BCUT2D eigenvalue weighted by Gasteiger charge is -2.06. The van der Waals surface area contributed by atoms with Crippen molar-refractivity contribution in [3.05, 3.63) is 36.0 Å². The van der Waals surface area contributed by atoms with Gasteiger partial charge in [-0.15, -0.1) is 0 Å². The molecular weight excluding hydrogens is 232 g/mol. The van der Waals surface area contributed by atoms with Crippen LogP contribution in [0.1, 0.15) is 10.4 Å². The lowest BCUT2D eigenvalue weighted by atomic mass is 10.1. The maximum Gasteiger partial charge on any atom is 0.387 e. The lowest BCUT2D eigenvalue weighted by Crippen LogP contribution is -2.02. The second kappa shape index (κ2) is 4.32. The van der Waals surface area contributed by atoms with Crippen molar-refractivity contribution in [1.82, 2.24) is 4.98 Å². The minimum Gasteiger partial charge on any atom is -0.478 e. The Bertz CT molecular complexity index is 572. The molecule has 0 bridgehead atoms. The van der Waals surface area contributed by atoms with Gasteiger partial charge in [0.05, 0.1) is 11.1 Å². The van der Waals surface area contributed by atoms with Crippen LogP contribution in [-0.2, 0) is 0 Å². The van der Waals surface area contributed by atoms with Gasteiger partial charge in [-0.2, -0.15) is 8.78 Å². The molecule has 1 aromatic heterocycles. The van der Waals surface area contributed by atoms with E-state index < -0.39 is 12.6 Å². The fourth-order valence-corrected chi connectivity index (χ4v) is 1.49. The smallest absolute Gasteiger partial charge is 0.387 e. The van der Waals surface area contributed by atoms with E-state index in [0.717, 1.165) is 0 Å². The van der Waals surface area contributed by atoms with Gasteiger partial charge in [0, 0.05) is 17.6 Å². The molecule has 6 heteroatoms. The first-order valence-electron chi connectivity index (χ1n) is 4.65. The van der Waals surface area contributed by atoms with E-state index >= 15 is 0 Å². The zero-order valence-electron chi connectivity index (χ0n) is 8.43. The van der Waals surface area contributed by atoms with E-state index in [2.05, 4.69) is 9.72 Å². The minimum atomic E-state index is -2.92. The number of ether oxygens (including phenoxy) is 1. The van der Waals surface area contributed by atoms with E-state index in [4.69, 9.17) is 5.11 Å². The summed E-state index contributed by atoms with van der Waals surface area (Å²) in [6, 6.07) is 5.29. The van der Waals surface area contributed by atoms with Gasteiger partial charge in [-0.1, -0.05) is 0 Å². The normalized spacial score (nSPS) is 10.8. The maximum atomic E-state index is 12.0. The zero-order chi connectivity index (χ0) is 12.4. The van der Waals surface area contributed by atoms with Gasteiger partial charge in [-0.3, -0.25) is 4.98 Å². The Labute approximate surface area is 94.5 Å². The molecule has 0 amide bonds. The SMILES string of the molecule is O=C(O)c1ccnc2cc(OC(F)F)ccc12. The fraction of sp³-hybridized carbons (Fsp3) is 0.0909. The van der Waals surface area contributed by atoms with Crippen molar-refractivity contribution in [3.63, 3.8) is 0 Å². The van der Waals surface area contributed by atoms with Gasteiger partial charge in [-0.25, -0.2) is 4.79 Å². The number of benzene rings is 1. The zero-order valence-corrected chi connectivity index (χ0v) is 8.43. The number of alkyl halides is 2. The number of carboxylic acids is 1. The van der Waals surface area contributed by atoms with Crippen molar-refractivity contribution >= 4 is 16.9 Å². The first-order valence-corrected chi connectivity index (χ1v) is 4.65. The topological polar surface area (TPSA) is 59.4 Å². The Morgan fingerprint density at radius 2 is 2.12 bits per heavy atom. The van der Waals surface area contributed by atoms with Crippen LogP contribution in [0.25, 0.3) is 10.9 Å². The summed E-state index contributed by atoms with van der Waals surface area (Å²) in [6.45, 7) is -2.92. The first kappa shape index (κ1) is 11.3. The molecule has 0 saturated carbocycles. The van der Waals surface area contributed by atoms with Crippen LogP contribution < -0.4 is 4.74 Å². The number of halogens is 2. The van der Waals surface area contributed by atoms with Crippen LogP contribution in [0.4, 0.5) is 8.78 Å². The number of aromatic nitrogens is 1. The average molecular weight is 239 g/mol. The number of carbonyl (C=O) groups is 1. The highest BCUT2D eigenvalue weighted by atomic mass is 19.3. The van der Waals surface area contributed by atoms with Gasteiger partial charge in [0.15, 0.2) is 0 Å². The summed E-state index contributed by atoms with van der Waals surface area (Å²) in [7, 11) is 0. The third kappa shape index (κ3) is 2.30. The van der Waals surface area contributed by atoms with Gasteiger partial charge >= 0.3 is 12.6 Å². The number of hydrogen-bond acceptors (Lipinski definition) is 3. The van der Waals surface area contributed by atoms with Gasteiger partial charge in [0.2, 0.25) is 0 Å².